The molecule has 1 heterocycles. The van der Waals surface area contributed by atoms with Crippen molar-refractivity contribution >= 4 is 5.97 Å². The summed E-state index contributed by atoms with van der Waals surface area (Å²) in [6.45, 7) is -0.704. The van der Waals surface area contributed by atoms with Crippen LogP contribution in [0.15, 0.2) is 18.2 Å². The number of halogens is 5. The van der Waals surface area contributed by atoms with Gasteiger partial charge in [0.05, 0.1) is 18.1 Å². The average Bonchev–Trinajstić information content (AvgIpc) is 2.26. The number of alkyl halides is 3. The van der Waals surface area contributed by atoms with Crippen molar-refractivity contribution < 1.29 is 55.5 Å². The number of carbonyl (C=O) groups excluding carboxylic acids is 1. The van der Waals surface area contributed by atoms with Gasteiger partial charge in [-0.25, -0.2) is 8.78 Å². The summed E-state index contributed by atoms with van der Waals surface area (Å²) in [6.07, 6.45) is -6.05. The van der Waals surface area contributed by atoms with E-state index in [1.807, 2.05) is 0 Å². The van der Waals surface area contributed by atoms with Gasteiger partial charge in [-0.3, -0.25) is 9.64 Å². The quantitative estimate of drug-likeness (QED) is 0.475. The summed E-state index contributed by atoms with van der Waals surface area (Å²) in [5, 5.41) is 11.1. The van der Waals surface area contributed by atoms with Gasteiger partial charge in [-0.15, -0.1) is 13.2 Å². The van der Waals surface area contributed by atoms with Crippen LogP contribution in [0.2, 0.25) is 0 Å². The van der Waals surface area contributed by atoms with Crippen LogP contribution >= 0.6 is 0 Å². The van der Waals surface area contributed by atoms with Crippen LogP contribution in [0, 0.1) is 11.6 Å². The Morgan fingerprint density at radius 2 is 1.91 bits per heavy atom. The zero-order valence-electron chi connectivity index (χ0n) is 11.4. The molecule has 116 valence electrons. The van der Waals surface area contributed by atoms with E-state index in [4.69, 9.17) is 0 Å². The van der Waals surface area contributed by atoms with Crippen molar-refractivity contribution in [3.05, 3.63) is 35.4 Å². The Morgan fingerprint density at radius 3 is 2.36 bits per heavy atom. The molecule has 1 aliphatic rings. The van der Waals surface area contributed by atoms with Gasteiger partial charge in [-0.1, -0.05) is 6.07 Å². The van der Waals surface area contributed by atoms with Crippen molar-refractivity contribution in [3.8, 4) is 0 Å². The molecule has 1 aliphatic heterocycles. The zero-order chi connectivity index (χ0) is 15.8. The second-order valence-electron chi connectivity index (χ2n) is 4.53. The maximum atomic E-state index is 13.6. The molecule has 4 nitrogen and oxygen atoms in total. The molecule has 1 unspecified atom stereocenters. The normalized spacial score (nSPS) is 17.5. The van der Waals surface area contributed by atoms with Crippen LogP contribution in [0.4, 0.5) is 22.0 Å². The summed E-state index contributed by atoms with van der Waals surface area (Å²) < 4.78 is 66.0. The van der Waals surface area contributed by atoms with Crippen LogP contribution in [0.25, 0.3) is 0 Å². The van der Waals surface area contributed by atoms with E-state index in [2.05, 4.69) is 4.74 Å². The fourth-order valence-electron chi connectivity index (χ4n) is 2.14. The molecule has 1 fully saturated rings. The molecule has 0 spiro atoms. The molecule has 0 saturated carbocycles. The van der Waals surface area contributed by atoms with Gasteiger partial charge in [0.15, 0.2) is 0 Å². The molecule has 1 aromatic rings. The molecular formula is C12H9F5LiNO3. The number of nitrogens with zero attached hydrogens (tertiary/aromatic N) is 1. The van der Waals surface area contributed by atoms with Crippen LogP contribution in [-0.2, 0) is 9.53 Å². The number of likely N-dealkylation sites (tertiary alicyclic amines) is 1. The van der Waals surface area contributed by atoms with Crippen LogP contribution in [0.1, 0.15) is 11.6 Å². The Morgan fingerprint density at radius 1 is 1.32 bits per heavy atom. The van der Waals surface area contributed by atoms with Crippen LogP contribution < -0.4 is 24.0 Å². The molecule has 0 N–H and O–H groups in total. The third-order valence-corrected chi connectivity index (χ3v) is 3.02. The van der Waals surface area contributed by atoms with E-state index >= 15 is 0 Å². The number of rotatable bonds is 4. The average molecular weight is 317 g/mol. The number of benzene rings is 1. The standard InChI is InChI=1S/C12H10F5NO3.Li/c13-6-1-2-8(9(14)3-6)10(11(19)20)18-4-7(5-18)21-12(15,16)17;/h1-3,7,10H,4-5H2,(H,19,20);/q;+1/p-1. The minimum absolute atomic E-state index is 0. The second-order valence-corrected chi connectivity index (χ2v) is 4.53. The van der Waals surface area contributed by atoms with E-state index in [1.54, 1.807) is 0 Å². The summed E-state index contributed by atoms with van der Waals surface area (Å²) in [6, 6.07) is 0.675. The zero-order valence-corrected chi connectivity index (χ0v) is 11.4. The first-order valence-corrected chi connectivity index (χ1v) is 5.82. The minimum atomic E-state index is -4.82. The smallest absolute Gasteiger partial charge is 0.548 e. The number of carbonyl (C=O) groups is 1. The van der Waals surface area contributed by atoms with Crippen molar-refractivity contribution in [1.29, 1.82) is 0 Å². The maximum Gasteiger partial charge on any atom is 1.00 e. The molecule has 0 amide bonds. The van der Waals surface area contributed by atoms with Gasteiger partial charge < -0.3 is 9.90 Å². The van der Waals surface area contributed by atoms with Gasteiger partial charge in [-0.2, -0.15) is 0 Å². The maximum absolute atomic E-state index is 13.6. The molecule has 0 aliphatic carbocycles. The second kappa shape index (κ2) is 6.96. The predicted octanol–water partition coefficient (Wildman–Crippen LogP) is -2.02. The molecule has 1 aromatic carbocycles. The number of hydrogen-bond acceptors (Lipinski definition) is 4. The van der Waals surface area contributed by atoms with E-state index < -0.39 is 36.1 Å². The van der Waals surface area contributed by atoms with Crippen molar-refractivity contribution in [2.75, 3.05) is 13.1 Å². The van der Waals surface area contributed by atoms with Crippen molar-refractivity contribution in [3.63, 3.8) is 0 Å². The number of hydrogen-bond donors (Lipinski definition) is 0. The largest absolute Gasteiger partial charge is 1.00 e. The molecule has 0 bridgehead atoms. The fraction of sp³-hybridized carbons (Fsp3) is 0.417. The van der Waals surface area contributed by atoms with E-state index in [1.165, 1.54) is 0 Å². The molecule has 2 rings (SSSR count). The van der Waals surface area contributed by atoms with Gasteiger partial charge in [0, 0.05) is 24.7 Å². The van der Waals surface area contributed by atoms with Gasteiger partial charge >= 0.3 is 25.2 Å². The Labute approximate surface area is 134 Å². The minimum Gasteiger partial charge on any atom is -0.548 e. The number of carboxylic acid groups (broad SMARTS) is 1. The monoisotopic (exact) mass is 317 g/mol. The molecule has 0 radical (unpaired) electrons. The van der Waals surface area contributed by atoms with Crippen LogP contribution in [0.3, 0.4) is 0 Å². The summed E-state index contributed by atoms with van der Waals surface area (Å²) in [5.41, 5.74) is -0.373. The van der Waals surface area contributed by atoms with E-state index in [9.17, 15) is 31.9 Å². The molecule has 0 aromatic heterocycles. The van der Waals surface area contributed by atoms with Crippen LogP contribution in [0.5, 0.6) is 0 Å². The Hall–Kier alpha value is -1.14. The van der Waals surface area contributed by atoms with E-state index in [0.29, 0.717) is 6.07 Å². The van der Waals surface area contributed by atoms with Crippen molar-refractivity contribution in [1.82, 2.24) is 4.90 Å². The summed E-state index contributed by atoms with van der Waals surface area (Å²) in [5.74, 6) is -3.69. The predicted molar refractivity (Wildman–Crippen MR) is 56.6 cm³/mol. The molecular weight excluding hydrogens is 308 g/mol. The van der Waals surface area contributed by atoms with Crippen molar-refractivity contribution in [2.24, 2.45) is 0 Å². The third kappa shape index (κ3) is 4.43. The molecule has 10 heteroatoms. The Kier molecular flexibility index (Phi) is 5.98. The summed E-state index contributed by atoms with van der Waals surface area (Å²) in [4.78, 5) is 12.1. The van der Waals surface area contributed by atoms with Crippen LogP contribution in [-0.4, -0.2) is 36.4 Å². The Balaban J connectivity index is 0.00000242. The van der Waals surface area contributed by atoms with Gasteiger partial charge in [-0.05, 0) is 6.07 Å². The first-order chi connectivity index (χ1) is 9.67. The molecule has 1 atom stereocenters. The SMILES string of the molecule is O=C([O-])C(c1ccc(F)cc1F)N1CC(OC(F)(F)F)C1.[Li+]. The summed E-state index contributed by atoms with van der Waals surface area (Å²) >= 11 is 0. The molecule has 1 saturated heterocycles. The van der Waals surface area contributed by atoms with E-state index in [0.717, 1.165) is 17.0 Å². The third-order valence-electron chi connectivity index (χ3n) is 3.02. The first kappa shape index (κ1) is 18.9. The number of ether oxygens (including phenoxy) is 1. The fourth-order valence-corrected chi connectivity index (χ4v) is 2.14. The van der Waals surface area contributed by atoms with Gasteiger partial charge in [0.2, 0.25) is 0 Å². The Bertz CT molecular complexity index is 548. The first-order valence-electron chi connectivity index (χ1n) is 5.82. The van der Waals surface area contributed by atoms with Crippen molar-refractivity contribution in [2.45, 2.75) is 18.5 Å². The molecule has 22 heavy (non-hydrogen) atoms. The number of carboxylic acids is 1. The topological polar surface area (TPSA) is 52.6 Å². The van der Waals surface area contributed by atoms with Gasteiger partial charge in [0.1, 0.15) is 11.6 Å². The van der Waals surface area contributed by atoms with E-state index in [-0.39, 0.29) is 37.5 Å². The summed E-state index contributed by atoms with van der Waals surface area (Å²) in [7, 11) is 0. The number of aliphatic carboxylic acids is 1. The van der Waals surface area contributed by atoms with Gasteiger partial charge in [0.25, 0.3) is 0 Å².